The number of hydrogen-bond acceptors (Lipinski definition) is 7. The summed E-state index contributed by atoms with van der Waals surface area (Å²) < 4.78 is 4.43. The van der Waals surface area contributed by atoms with Gasteiger partial charge >= 0.3 is 12.2 Å². The molecule has 10 nitrogen and oxygen atoms in total. The van der Waals surface area contributed by atoms with Gasteiger partial charge in [0.05, 0.1) is 30.9 Å². The summed E-state index contributed by atoms with van der Waals surface area (Å²) in [6.45, 7) is 11.9. The van der Waals surface area contributed by atoms with Crippen molar-refractivity contribution in [1.29, 1.82) is 0 Å². The smallest absolute Gasteiger partial charge is 0.412 e. The normalized spacial score (nSPS) is 11.1. The summed E-state index contributed by atoms with van der Waals surface area (Å²) in [5, 5.41) is 13.1. The number of carboxylic acid groups (broad SMARTS) is 1. The van der Waals surface area contributed by atoms with Gasteiger partial charge in [0, 0.05) is 10.8 Å². The molecule has 0 fully saturated rings. The Balaban J connectivity index is 0.000000311. The van der Waals surface area contributed by atoms with E-state index < -0.39 is 12.2 Å². The molecule has 0 unspecified atom stereocenters. The van der Waals surface area contributed by atoms with Crippen molar-refractivity contribution in [2.45, 2.75) is 52.4 Å². The van der Waals surface area contributed by atoms with E-state index in [4.69, 9.17) is 28.3 Å². The van der Waals surface area contributed by atoms with Crippen molar-refractivity contribution in [2.24, 2.45) is 0 Å². The minimum atomic E-state index is -1.21. The number of nitrogens with zero attached hydrogens (tertiary/aromatic N) is 4. The first-order valence-corrected chi connectivity index (χ1v) is 9.81. The van der Waals surface area contributed by atoms with Gasteiger partial charge in [-0.2, -0.15) is 0 Å². The fourth-order valence-electron chi connectivity index (χ4n) is 1.87. The third-order valence-corrected chi connectivity index (χ3v) is 4.15. The molecule has 0 bridgehead atoms. The predicted octanol–water partition coefficient (Wildman–Crippen LogP) is 5.12. The van der Waals surface area contributed by atoms with Crippen LogP contribution in [0.3, 0.4) is 0 Å². The average molecular weight is 473 g/mol. The molecular formula is C19H26Cl2N6O4. The highest BCUT2D eigenvalue weighted by Gasteiger charge is 2.19. The van der Waals surface area contributed by atoms with Gasteiger partial charge in [-0.25, -0.2) is 29.5 Å². The van der Waals surface area contributed by atoms with Crippen molar-refractivity contribution >= 4 is 47.0 Å². The first-order chi connectivity index (χ1) is 14.1. The topological polar surface area (TPSA) is 139 Å². The van der Waals surface area contributed by atoms with Crippen molar-refractivity contribution in [3.63, 3.8) is 0 Å². The molecule has 12 heteroatoms. The quantitative estimate of drug-likeness (QED) is 0.546. The second kappa shape index (κ2) is 10.5. The standard InChI is InChI=1S/C10H14ClN3O2.C9H12ClN3O2/c1-10(2,3)6-5-12-8(7(11)13-6)14-9(15)16-4;1-9(2,3)5-4-11-7(6(10)12-5)13-8(14)15/h5H,1-4H3,(H,12,14,15);4H,1-3H3,(H,11,13)(H,14,15). The van der Waals surface area contributed by atoms with Gasteiger partial charge in [-0.15, -0.1) is 0 Å². The fraction of sp³-hybridized carbons (Fsp3) is 0.474. The summed E-state index contributed by atoms with van der Waals surface area (Å²) in [5.41, 5.74) is 1.16. The maximum absolute atomic E-state index is 11.0. The lowest BCUT2D eigenvalue weighted by atomic mass is 9.93. The van der Waals surface area contributed by atoms with Crippen LogP contribution in [-0.4, -0.2) is 44.3 Å². The SMILES string of the molecule is CC(C)(C)c1cnc(NC(=O)O)c(Cl)n1.COC(=O)Nc1ncc(C(C)(C)C)nc1Cl. The number of nitrogens with one attached hydrogen (secondary N) is 2. The van der Waals surface area contributed by atoms with Crippen molar-refractivity contribution in [3.8, 4) is 0 Å². The molecule has 2 heterocycles. The summed E-state index contributed by atoms with van der Waals surface area (Å²) in [4.78, 5) is 37.5. The molecule has 0 spiro atoms. The van der Waals surface area contributed by atoms with Gasteiger partial charge in [-0.05, 0) is 0 Å². The molecular weight excluding hydrogens is 447 g/mol. The van der Waals surface area contributed by atoms with E-state index in [9.17, 15) is 9.59 Å². The Labute approximate surface area is 190 Å². The van der Waals surface area contributed by atoms with Crippen LogP contribution < -0.4 is 10.6 Å². The molecule has 2 aromatic rings. The Hall–Kier alpha value is -2.72. The largest absolute Gasteiger partial charge is 0.465 e. The molecule has 170 valence electrons. The first kappa shape index (κ1) is 26.3. The summed E-state index contributed by atoms with van der Waals surface area (Å²) >= 11 is 11.7. The van der Waals surface area contributed by atoms with E-state index in [1.807, 2.05) is 41.5 Å². The molecule has 2 aromatic heterocycles. The highest BCUT2D eigenvalue weighted by Crippen LogP contribution is 2.25. The second-order valence-electron chi connectivity index (χ2n) is 8.34. The zero-order valence-corrected chi connectivity index (χ0v) is 19.9. The van der Waals surface area contributed by atoms with Crippen molar-refractivity contribution in [1.82, 2.24) is 19.9 Å². The number of carbonyl (C=O) groups excluding carboxylic acids is 1. The number of aromatic nitrogens is 4. The highest BCUT2D eigenvalue weighted by molar-refractivity contribution is 6.32. The van der Waals surface area contributed by atoms with Crippen LogP contribution in [0.5, 0.6) is 0 Å². The molecule has 0 aliphatic heterocycles. The van der Waals surface area contributed by atoms with Gasteiger partial charge in [0.25, 0.3) is 0 Å². The lowest BCUT2D eigenvalue weighted by Gasteiger charge is -2.17. The zero-order chi connectivity index (χ0) is 24.0. The van der Waals surface area contributed by atoms with Crippen molar-refractivity contribution < 1.29 is 19.4 Å². The molecule has 0 saturated carbocycles. The minimum Gasteiger partial charge on any atom is -0.465 e. The van der Waals surface area contributed by atoms with E-state index in [-0.39, 0.29) is 32.8 Å². The number of ether oxygens (including phenoxy) is 1. The predicted molar refractivity (Wildman–Crippen MR) is 119 cm³/mol. The number of hydrogen-bond donors (Lipinski definition) is 3. The molecule has 2 rings (SSSR count). The Morgan fingerprint density at radius 2 is 1.26 bits per heavy atom. The lowest BCUT2D eigenvalue weighted by molar-refractivity contribution is 0.186. The zero-order valence-electron chi connectivity index (χ0n) is 18.4. The lowest BCUT2D eigenvalue weighted by Crippen LogP contribution is -2.17. The van der Waals surface area contributed by atoms with E-state index >= 15 is 0 Å². The number of carbonyl (C=O) groups is 2. The van der Waals surface area contributed by atoms with Gasteiger partial charge in [0.1, 0.15) is 0 Å². The van der Waals surface area contributed by atoms with Gasteiger partial charge in [-0.1, -0.05) is 64.7 Å². The van der Waals surface area contributed by atoms with E-state index in [1.54, 1.807) is 6.20 Å². The molecule has 31 heavy (non-hydrogen) atoms. The van der Waals surface area contributed by atoms with Crippen LogP contribution in [0.15, 0.2) is 12.4 Å². The number of anilines is 2. The van der Waals surface area contributed by atoms with Gasteiger partial charge < -0.3 is 9.84 Å². The van der Waals surface area contributed by atoms with Gasteiger partial charge in [-0.3, -0.25) is 10.6 Å². The van der Waals surface area contributed by atoms with Crippen LogP contribution in [0, 0.1) is 0 Å². The maximum atomic E-state index is 11.0. The Morgan fingerprint density at radius 3 is 1.55 bits per heavy atom. The minimum absolute atomic E-state index is 0.0529. The Bertz CT molecular complexity index is 942. The fourth-order valence-corrected chi connectivity index (χ4v) is 2.25. The monoisotopic (exact) mass is 472 g/mol. The van der Waals surface area contributed by atoms with E-state index in [2.05, 4.69) is 35.3 Å². The third-order valence-electron chi connectivity index (χ3n) is 3.63. The van der Waals surface area contributed by atoms with E-state index in [0.29, 0.717) is 5.69 Å². The maximum Gasteiger partial charge on any atom is 0.412 e. The van der Waals surface area contributed by atoms with Crippen molar-refractivity contribution in [2.75, 3.05) is 17.7 Å². The molecule has 0 atom stereocenters. The summed E-state index contributed by atoms with van der Waals surface area (Å²) in [6.07, 6.45) is 1.25. The second-order valence-corrected chi connectivity index (χ2v) is 9.05. The first-order valence-electron chi connectivity index (χ1n) is 9.06. The van der Waals surface area contributed by atoms with E-state index in [0.717, 1.165) is 5.69 Å². The van der Waals surface area contributed by atoms with Crippen molar-refractivity contribution in [3.05, 3.63) is 34.1 Å². The molecule has 0 saturated heterocycles. The van der Waals surface area contributed by atoms with Crippen LogP contribution in [0.25, 0.3) is 0 Å². The number of rotatable bonds is 2. The highest BCUT2D eigenvalue weighted by atomic mass is 35.5. The van der Waals surface area contributed by atoms with Crippen LogP contribution in [0.4, 0.5) is 21.2 Å². The molecule has 0 aromatic carbocycles. The van der Waals surface area contributed by atoms with Gasteiger partial charge in [0.2, 0.25) is 0 Å². The molecule has 0 radical (unpaired) electrons. The molecule has 2 amide bonds. The number of halogens is 2. The Morgan fingerprint density at radius 1 is 0.871 bits per heavy atom. The van der Waals surface area contributed by atoms with Crippen LogP contribution >= 0.6 is 23.2 Å². The number of methoxy groups -OCH3 is 1. The van der Waals surface area contributed by atoms with Crippen LogP contribution in [0.1, 0.15) is 52.9 Å². The molecule has 3 N–H and O–H groups in total. The summed E-state index contributed by atoms with van der Waals surface area (Å²) in [6, 6.07) is 0. The van der Waals surface area contributed by atoms with E-state index in [1.165, 1.54) is 13.3 Å². The third kappa shape index (κ3) is 8.50. The number of amides is 2. The molecule has 0 aliphatic rings. The summed E-state index contributed by atoms with van der Waals surface area (Å²) in [5.74, 6) is 0.249. The van der Waals surface area contributed by atoms with Crippen LogP contribution in [0.2, 0.25) is 10.3 Å². The molecule has 0 aliphatic carbocycles. The summed E-state index contributed by atoms with van der Waals surface area (Å²) in [7, 11) is 1.26. The average Bonchev–Trinajstić information content (AvgIpc) is 2.63. The van der Waals surface area contributed by atoms with Crippen LogP contribution in [-0.2, 0) is 15.6 Å². The van der Waals surface area contributed by atoms with Gasteiger partial charge in [0.15, 0.2) is 21.9 Å². The Kier molecular flexibility index (Phi) is 8.95.